The van der Waals surface area contributed by atoms with Crippen molar-refractivity contribution in [3.8, 4) is 0 Å². The number of nitrogens with one attached hydrogen (secondary N) is 2. The molecule has 2 nitrogen and oxygen atoms in total. The number of rotatable bonds is 32. The van der Waals surface area contributed by atoms with E-state index >= 15 is 0 Å². The minimum absolute atomic E-state index is 0.848. The zero-order chi connectivity index (χ0) is 29.0. The van der Waals surface area contributed by atoms with E-state index in [9.17, 15) is 0 Å². The summed E-state index contributed by atoms with van der Waals surface area (Å²) in [6.07, 6.45) is 47.7. The van der Waals surface area contributed by atoms with Crippen LogP contribution in [0.25, 0.3) is 0 Å². The summed E-state index contributed by atoms with van der Waals surface area (Å²) in [6, 6.07) is 0. The van der Waals surface area contributed by atoms with Gasteiger partial charge in [-0.3, -0.25) is 0 Å². The van der Waals surface area contributed by atoms with Crippen molar-refractivity contribution in [1.82, 2.24) is 10.6 Å². The van der Waals surface area contributed by atoms with Crippen LogP contribution in [0.15, 0.2) is 24.3 Å². The van der Waals surface area contributed by atoms with Crippen LogP contribution in [0.3, 0.4) is 0 Å². The van der Waals surface area contributed by atoms with Gasteiger partial charge in [0.1, 0.15) is 0 Å². The highest BCUT2D eigenvalue weighted by Gasteiger charge is 1.97. The number of hydrogen-bond donors (Lipinski definition) is 2. The van der Waals surface area contributed by atoms with Gasteiger partial charge in [0.2, 0.25) is 0 Å². The lowest BCUT2D eigenvalue weighted by Crippen LogP contribution is -2.36. The van der Waals surface area contributed by atoms with Crippen LogP contribution in [0.1, 0.15) is 194 Å². The monoisotopic (exact) mass is 577 g/mol. The molecule has 0 aromatic heterocycles. The van der Waals surface area contributed by atoms with Gasteiger partial charge in [-0.05, 0) is 76.4 Å². The van der Waals surface area contributed by atoms with Crippen LogP contribution in [0.2, 0.25) is 0 Å². The highest BCUT2D eigenvalue weighted by atomic mass is 32.1. The summed E-state index contributed by atoms with van der Waals surface area (Å²) in [6.45, 7) is 6.60. The Morgan fingerprint density at radius 3 is 0.925 bits per heavy atom. The van der Waals surface area contributed by atoms with E-state index < -0.39 is 0 Å². The lowest BCUT2D eigenvalue weighted by molar-refractivity contribution is 0.584. The maximum absolute atomic E-state index is 5.44. The molecule has 0 saturated carbocycles. The summed E-state index contributed by atoms with van der Waals surface area (Å²) in [5, 5.41) is 7.63. The smallest absolute Gasteiger partial charge is 0.166 e. The molecular weight excluding hydrogens is 504 g/mol. The van der Waals surface area contributed by atoms with E-state index in [1.54, 1.807) is 0 Å². The van der Waals surface area contributed by atoms with Crippen LogP contribution in [0, 0.1) is 0 Å². The van der Waals surface area contributed by atoms with Gasteiger partial charge in [-0.2, -0.15) is 0 Å². The topological polar surface area (TPSA) is 24.1 Å². The minimum Gasteiger partial charge on any atom is -0.363 e. The largest absolute Gasteiger partial charge is 0.363 e. The zero-order valence-corrected chi connectivity index (χ0v) is 28.2. The Labute approximate surface area is 258 Å². The molecule has 0 aliphatic carbocycles. The predicted octanol–water partition coefficient (Wildman–Crippen LogP) is 12.5. The first-order valence-corrected chi connectivity index (χ1v) is 18.5. The molecule has 0 aromatic rings. The molecule has 0 fully saturated rings. The Balaban J connectivity index is 3.22. The van der Waals surface area contributed by atoms with Gasteiger partial charge in [0.15, 0.2) is 5.11 Å². The first-order valence-electron chi connectivity index (χ1n) is 18.1. The van der Waals surface area contributed by atoms with Crippen molar-refractivity contribution in [3.05, 3.63) is 24.3 Å². The molecule has 0 aromatic carbocycles. The van der Waals surface area contributed by atoms with E-state index in [4.69, 9.17) is 12.2 Å². The lowest BCUT2D eigenvalue weighted by Gasteiger charge is -2.10. The maximum Gasteiger partial charge on any atom is 0.166 e. The molecule has 3 heteroatoms. The third kappa shape index (κ3) is 35.2. The normalized spacial score (nSPS) is 11.7. The van der Waals surface area contributed by atoms with Crippen molar-refractivity contribution < 1.29 is 0 Å². The third-order valence-corrected chi connectivity index (χ3v) is 8.24. The highest BCUT2D eigenvalue weighted by Crippen LogP contribution is 2.11. The highest BCUT2D eigenvalue weighted by molar-refractivity contribution is 7.80. The van der Waals surface area contributed by atoms with Crippen LogP contribution >= 0.6 is 12.2 Å². The quantitative estimate of drug-likeness (QED) is 0.0473. The van der Waals surface area contributed by atoms with Crippen molar-refractivity contribution in [1.29, 1.82) is 0 Å². The van der Waals surface area contributed by atoms with Crippen LogP contribution in [0.4, 0.5) is 0 Å². The minimum atomic E-state index is 0.848. The molecular formula is C37H72N2S. The molecule has 0 radical (unpaired) electrons. The van der Waals surface area contributed by atoms with E-state index in [0.29, 0.717) is 0 Å². The Hall–Kier alpha value is -0.830. The van der Waals surface area contributed by atoms with Crippen LogP contribution in [-0.2, 0) is 0 Å². The fraction of sp³-hybridized carbons (Fsp3) is 0.865. The van der Waals surface area contributed by atoms with E-state index in [1.807, 2.05) is 0 Å². The summed E-state index contributed by atoms with van der Waals surface area (Å²) in [5.74, 6) is 0. The summed E-state index contributed by atoms with van der Waals surface area (Å²) in [7, 11) is 0. The second-order valence-electron chi connectivity index (χ2n) is 12.1. The van der Waals surface area contributed by atoms with Gasteiger partial charge in [-0.1, -0.05) is 154 Å². The van der Waals surface area contributed by atoms with E-state index in [0.717, 1.165) is 18.2 Å². The predicted molar refractivity (Wildman–Crippen MR) is 188 cm³/mol. The van der Waals surface area contributed by atoms with Crippen molar-refractivity contribution in [2.75, 3.05) is 13.1 Å². The van der Waals surface area contributed by atoms with Crippen LogP contribution < -0.4 is 10.6 Å². The Bertz CT molecular complexity index is 496. The molecule has 0 aliphatic rings. The van der Waals surface area contributed by atoms with E-state index in [1.165, 1.54) is 180 Å². The first kappa shape index (κ1) is 39.2. The maximum atomic E-state index is 5.44. The number of unbranched alkanes of at least 4 members (excludes halogenated alkanes) is 24. The molecule has 0 saturated heterocycles. The van der Waals surface area contributed by atoms with E-state index in [2.05, 4.69) is 48.8 Å². The van der Waals surface area contributed by atoms with Crippen molar-refractivity contribution in [3.63, 3.8) is 0 Å². The molecule has 0 rings (SSSR count). The molecule has 0 spiro atoms. The van der Waals surface area contributed by atoms with Gasteiger partial charge in [-0.25, -0.2) is 0 Å². The van der Waals surface area contributed by atoms with E-state index in [-0.39, 0.29) is 0 Å². The molecule has 0 bridgehead atoms. The second kappa shape index (κ2) is 36.2. The third-order valence-electron chi connectivity index (χ3n) is 7.95. The van der Waals surface area contributed by atoms with Crippen LogP contribution in [0.5, 0.6) is 0 Å². The molecule has 0 unspecified atom stereocenters. The Kier molecular flexibility index (Phi) is 35.4. The second-order valence-corrected chi connectivity index (χ2v) is 12.5. The Morgan fingerprint density at radius 2 is 0.625 bits per heavy atom. The molecule has 236 valence electrons. The lowest BCUT2D eigenvalue weighted by atomic mass is 10.1. The van der Waals surface area contributed by atoms with Gasteiger partial charge >= 0.3 is 0 Å². The fourth-order valence-corrected chi connectivity index (χ4v) is 5.42. The average molecular weight is 577 g/mol. The molecule has 0 heterocycles. The Morgan fingerprint density at radius 1 is 0.375 bits per heavy atom. The number of allylic oxidation sites excluding steroid dienone is 4. The van der Waals surface area contributed by atoms with Gasteiger partial charge < -0.3 is 10.6 Å². The van der Waals surface area contributed by atoms with Gasteiger partial charge in [0.25, 0.3) is 0 Å². The van der Waals surface area contributed by atoms with Crippen LogP contribution in [-0.4, -0.2) is 18.2 Å². The molecule has 2 N–H and O–H groups in total. The van der Waals surface area contributed by atoms with Crippen molar-refractivity contribution >= 4 is 17.3 Å². The van der Waals surface area contributed by atoms with Crippen molar-refractivity contribution in [2.45, 2.75) is 194 Å². The molecule has 0 amide bonds. The first-order chi connectivity index (χ1) is 19.8. The molecule has 40 heavy (non-hydrogen) atoms. The van der Waals surface area contributed by atoms with Gasteiger partial charge in [0.05, 0.1) is 0 Å². The molecule has 0 aliphatic heterocycles. The fourth-order valence-electron chi connectivity index (χ4n) is 5.21. The summed E-state index contributed by atoms with van der Waals surface area (Å²) in [5.41, 5.74) is 0. The summed E-state index contributed by atoms with van der Waals surface area (Å²) < 4.78 is 0. The number of hydrogen-bond acceptors (Lipinski definition) is 1. The SMILES string of the molecule is CCCCCCCCC=CCCCCCCCCNC(=S)NCCCCCCCCC=CCCCCCCCC. The zero-order valence-electron chi connectivity index (χ0n) is 27.4. The van der Waals surface area contributed by atoms with Gasteiger partial charge in [0, 0.05) is 13.1 Å². The molecule has 0 atom stereocenters. The van der Waals surface area contributed by atoms with Crippen molar-refractivity contribution in [2.24, 2.45) is 0 Å². The average Bonchev–Trinajstić information content (AvgIpc) is 2.96. The summed E-state index contributed by atoms with van der Waals surface area (Å²) in [4.78, 5) is 0. The standard InChI is InChI=1S/C37H72N2S/c1-3-5-7-9-11-13-15-17-19-21-23-25-27-29-31-33-35-38-37(40)39-36-34-32-30-28-26-24-22-20-18-16-14-12-10-8-6-4-2/h17-20H,3-16,21-36H2,1-2H3,(H2,38,39,40). The van der Waals surface area contributed by atoms with Gasteiger partial charge in [-0.15, -0.1) is 0 Å². The summed E-state index contributed by atoms with van der Waals surface area (Å²) >= 11 is 5.44. The number of thiocarbonyl (C=S) groups is 1.